The Morgan fingerprint density at radius 2 is 1.69 bits per heavy atom. The summed E-state index contributed by atoms with van der Waals surface area (Å²) in [7, 11) is 0. The van der Waals surface area contributed by atoms with Crippen molar-refractivity contribution < 1.29 is 9.59 Å². The molecule has 0 saturated heterocycles. The average Bonchev–Trinajstić information content (AvgIpc) is 2.55. The average molecular weight is 419 g/mol. The van der Waals surface area contributed by atoms with Crippen LogP contribution in [0.5, 0.6) is 0 Å². The number of amides is 2. The lowest BCUT2D eigenvalue weighted by molar-refractivity contribution is -0.131. The number of carbonyl (C=O) groups excluding carboxylic acids is 2. The second-order valence-electron chi connectivity index (χ2n) is 8.88. The van der Waals surface area contributed by atoms with Crippen molar-refractivity contribution in [1.82, 2.24) is 5.32 Å². The van der Waals surface area contributed by atoms with Crippen LogP contribution < -0.4 is 10.6 Å². The van der Waals surface area contributed by atoms with Crippen LogP contribution in [-0.2, 0) is 9.59 Å². The maximum absolute atomic E-state index is 12.5. The third-order valence-electron chi connectivity index (χ3n) is 6.59. The van der Waals surface area contributed by atoms with Crippen LogP contribution in [0.4, 0.5) is 5.69 Å². The van der Waals surface area contributed by atoms with Crippen molar-refractivity contribution in [2.45, 2.75) is 51.9 Å². The Kier molecular flexibility index (Phi) is 4.84. The molecule has 2 amide bonds. The van der Waals surface area contributed by atoms with Gasteiger partial charge in [-0.2, -0.15) is 0 Å². The van der Waals surface area contributed by atoms with Gasteiger partial charge in [-0.3, -0.25) is 9.59 Å². The first-order valence-electron chi connectivity index (χ1n) is 9.73. The number of benzene rings is 1. The maximum atomic E-state index is 12.5. The molecule has 0 heterocycles. The molecule has 0 unspecified atom stereocenters. The fourth-order valence-electron chi connectivity index (χ4n) is 6.02. The minimum absolute atomic E-state index is 0.0362. The monoisotopic (exact) mass is 418 g/mol. The van der Waals surface area contributed by atoms with Crippen molar-refractivity contribution in [2.75, 3.05) is 11.9 Å². The van der Waals surface area contributed by atoms with Gasteiger partial charge in [0, 0.05) is 16.6 Å². The summed E-state index contributed by atoms with van der Waals surface area (Å²) in [6, 6.07) is 5.68. The molecule has 0 aromatic heterocycles. The summed E-state index contributed by atoms with van der Waals surface area (Å²) in [5.74, 6) is 2.40. The Balaban J connectivity index is 1.27. The summed E-state index contributed by atoms with van der Waals surface area (Å²) in [5.41, 5.74) is 2.04. The van der Waals surface area contributed by atoms with Crippen molar-refractivity contribution in [2.24, 2.45) is 23.2 Å². The molecule has 4 nitrogen and oxygen atoms in total. The van der Waals surface area contributed by atoms with Crippen molar-refractivity contribution in [3.05, 3.63) is 28.2 Å². The number of halogens is 1. The van der Waals surface area contributed by atoms with E-state index in [0.717, 1.165) is 33.5 Å². The van der Waals surface area contributed by atoms with E-state index in [1.54, 1.807) is 0 Å². The normalized spacial score (nSPS) is 31.7. The van der Waals surface area contributed by atoms with Gasteiger partial charge in [0.15, 0.2) is 0 Å². The SMILES string of the molecule is Cc1cc(NC(=O)CNC(=O)CC23CC4CC(CC(C4)C2)C3)ccc1Br. The molecule has 0 atom stereocenters. The lowest BCUT2D eigenvalue weighted by Gasteiger charge is -2.56. The minimum atomic E-state index is -0.175. The standard InChI is InChI=1S/C21H27BrN2O2/c1-13-4-17(2-3-18(13)22)24-20(26)12-23-19(25)11-21-8-14-5-15(9-21)7-16(6-14)10-21/h2-4,14-16H,5-12H2,1H3,(H,23,25)(H,24,26). The second kappa shape index (κ2) is 6.99. The van der Waals surface area contributed by atoms with E-state index in [-0.39, 0.29) is 23.8 Å². The zero-order valence-electron chi connectivity index (χ0n) is 15.3. The highest BCUT2D eigenvalue weighted by molar-refractivity contribution is 9.10. The number of aryl methyl sites for hydroxylation is 1. The molecule has 140 valence electrons. The van der Waals surface area contributed by atoms with Gasteiger partial charge in [0.1, 0.15) is 0 Å². The Morgan fingerprint density at radius 1 is 1.08 bits per heavy atom. The van der Waals surface area contributed by atoms with E-state index in [1.165, 1.54) is 38.5 Å². The number of anilines is 1. The van der Waals surface area contributed by atoms with E-state index < -0.39 is 0 Å². The maximum Gasteiger partial charge on any atom is 0.243 e. The summed E-state index contributed by atoms with van der Waals surface area (Å²) in [5, 5.41) is 5.69. The largest absolute Gasteiger partial charge is 0.347 e. The highest BCUT2D eigenvalue weighted by Crippen LogP contribution is 2.61. The van der Waals surface area contributed by atoms with Gasteiger partial charge in [-0.05, 0) is 92.4 Å². The molecule has 0 radical (unpaired) electrons. The Morgan fingerprint density at radius 3 is 2.27 bits per heavy atom. The predicted molar refractivity (Wildman–Crippen MR) is 106 cm³/mol. The molecule has 1 aromatic carbocycles. The van der Waals surface area contributed by atoms with Gasteiger partial charge < -0.3 is 10.6 Å². The molecule has 4 saturated carbocycles. The van der Waals surface area contributed by atoms with Gasteiger partial charge in [0.25, 0.3) is 0 Å². The van der Waals surface area contributed by atoms with Crippen molar-refractivity contribution in [3.63, 3.8) is 0 Å². The second-order valence-corrected chi connectivity index (χ2v) is 9.74. The molecule has 4 aliphatic rings. The summed E-state index contributed by atoms with van der Waals surface area (Å²) < 4.78 is 1.01. The molecule has 0 spiro atoms. The fourth-order valence-corrected chi connectivity index (χ4v) is 6.26. The quantitative estimate of drug-likeness (QED) is 0.743. The van der Waals surface area contributed by atoms with E-state index in [1.807, 2.05) is 25.1 Å². The van der Waals surface area contributed by atoms with Gasteiger partial charge in [-0.15, -0.1) is 0 Å². The highest BCUT2D eigenvalue weighted by atomic mass is 79.9. The van der Waals surface area contributed by atoms with E-state index in [2.05, 4.69) is 26.6 Å². The van der Waals surface area contributed by atoms with Crippen LogP contribution in [0.15, 0.2) is 22.7 Å². The number of hydrogen-bond acceptors (Lipinski definition) is 2. The van der Waals surface area contributed by atoms with Crippen molar-refractivity contribution in [1.29, 1.82) is 0 Å². The first-order chi connectivity index (χ1) is 12.4. The first kappa shape index (κ1) is 18.0. The molecule has 1 aromatic rings. The van der Waals surface area contributed by atoms with E-state index in [9.17, 15) is 9.59 Å². The number of nitrogens with one attached hydrogen (secondary N) is 2. The van der Waals surface area contributed by atoms with Crippen LogP contribution in [0, 0.1) is 30.1 Å². The molecule has 4 bridgehead atoms. The fraction of sp³-hybridized carbons (Fsp3) is 0.619. The Hall–Kier alpha value is -1.36. The van der Waals surface area contributed by atoms with Gasteiger partial charge in [-0.1, -0.05) is 15.9 Å². The van der Waals surface area contributed by atoms with Crippen LogP contribution in [0.3, 0.4) is 0 Å². The summed E-state index contributed by atoms with van der Waals surface area (Å²) in [6.45, 7) is 2.02. The first-order valence-corrected chi connectivity index (χ1v) is 10.5. The zero-order valence-corrected chi connectivity index (χ0v) is 16.9. The summed E-state index contributed by atoms with van der Waals surface area (Å²) in [4.78, 5) is 24.6. The molecule has 5 heteroatoms. The number of rotatable bonds is 5. The third-order valence-corrected chi connectivity index (χ3v) is 7.48. The van der Waals surface area contributed by atoms with E-state index in [0.29, 0.717) is 6.42 Å². The molecular weight excluding hydrogens is 392 g/mol. The van der Waals surface area contributed by atoms with Crippen molar-refractivity contribution >= 4 is 33.4 Å². The molecule has 5 rings (SSSR count). The molecule has 2 N–H and O–H groups in total. The van der Waals surface area contributed by atoms with Gasteiger partial charge in [0.05, 0.1) is 6.54 Å². The Labute approximate surface area is 163 Å². The highest BCUT2D eigenvalue weighted by Gasteiger charge is 2.51. The number of hydrogen-bond donors (Lipinski definition) is 2. The summed E-state index contributed by atoms with van der Waals surface area (Å²) >= 11 is 3.45. The molecular formula is C21H27BrN2O2. The lowest BCUT2D eigenvalue weighted by Crippen LogP contribution is -2.48. The molecule has 4 aliphatic carbocycles. The smallest absolute Gasteiger partial charge is 0.243 e. The van der Waals surface area contributed by atoms with Gasteiger partial charge in [-0.25, -0.2) is 0 Å². The van der Waals surface area contributed by atoms with Crippen LogP contribution in [0.25, 0.3) is 0 Å². The van der Waals surface area contributed by atoms with Crippen LogP contribution >= 0.6 is 15.9 Å². The van der Waals surface area contributed by atoms with Gasteiger partial charge >= 0.3 is 0 Å². The van der Waals surface area contributed by atoms with Crippen LogP contribution in [-0.4, -0.2) is 18.4 Å². The number of carbonyl (C=O) groups is 2. The van der Waals surface area contributed by atoms with Crippen LogP contribution in [0.2, 0.25) is 0 Å². The predicted octanol–water partition coefficient (Wildman–Crippen LogP) is 4.42. The van der Waals surface area contributed by atoms with Crippen LogP contribution in [0.1, 0.15) is 50.5 Å². The van der Waals surface area contributed by atoms with Crippen molar-refractivity contribution in [3.8, 4) is 0 Å². The topological polar surface area (TPSA) is 58.2 Å². The molecule has 0 aliphatic heterocycles. The minimum Gasteiger partial charge on any atom is -0.347 e. The summed E-state index contributed by atoms with van der Waals surface area (Å²) in [6.07, 6.45) is 8.41. The van der Waals surface area contributed by atoms with E-state index >= 15 is 0 Å². The van der Waals surface area contributed by atoms with Gasteiger partial charge in [0.2, 0.25) is 11.8 Å². The molecule has 26 heavy (non-hydrogen) atoms. The Bertz CT molecular complexity index is 695. The van der Waals surface area contributed by atoms with E-state index in [4.69, 9.17) is 0 Å². The third kappa shape index (κ3) is 3.83. The lowest BCUT2D eigenvalue weighted by atomic mass is 9.49. The molecule has 4 fully saturated rings. The zero-order chi connectivity index (χ0) is 18.3.